The Bertz CT molecular complexity index is 1570. The van der Waals surface area contributed by atoms with E-state index < -0.39 is 53.5 Å². The summed E-state index contributed by atoms with van der Waals surface area (Å²) >= 11 is 0. The third-order valence-corrected chi connectivity index (χ3v) is 10.2. The van der Waals surface area contributed by atoms with Crippen molar-refractivity contribution in [1.29, 1.82) is 0 Å². The number of aromatic nitrogens is 1. The highest BCUT2D eigenvalue weighted by Crippen LogP contribution is 2.37. The van der Waals surface area contributed by atoms with Gasteiger partial charge in [-0.25, -0.2) is 0 Å². The van der Waals surface area contributed by atoms with E-state index in [9.17, 15) is 28.8 Å². The fourth-order valence-corrected chi connectivity index (χ4v) is 7.36. The fourth-order valence-electron chi connectivity index (χ4n) is 7.36. The molecule has 1 saturated heterocycles. The maximum atomic E-state index is 14.0. The number of Topliss-reactive ketones (excluding diaryl/α,β-unsaturated/α-hetero) is 1. The number of fused-ring (bicyclic) bond motifs is 1. The Hall–Kier alpha value is -4.39. The number of nitrogens with zero attached hydrogens (tertiary/aromatic N) is 3. The lowest BCUT2D eigenvalue weighted by atomic mass is 9.71. The molecule has 6 atom stereocenters. The van der Waals surface area contributed by atoms with E-state index in [1.54, 1.807) is 31.0 Å². The van der Waals surface area contributed by atoms with Crippen molar-refractivity contribution in [1.82, 2.24) is 36.1 Å². The largest absolute Gasteiger partial charge is 0.344 e. The molecule has 2 heterocycles. The summed E-state index contributed by atoms with van der Waals surface area (Å²) in [7, 11) is 1.97. The van der Waals surface area contributed by atoms with Crippen LogP contribution in [-0.2, 0) is 24.0 Å². The zero-order valence-corrected chi connectivity index (χ0v) is 30.9. The molecule has 1 aromatic heterocycles. The van der Waals surface area contributed by atoms with Crippen LogP contribution in [0.15, 0.2) is 36.5 Å². The summed E-state index contributed by atoms with van der Waals surface area (Å²) in [5.41, 5.74) is 1.07. The molecule has 2 fully saturated rings. The number of piperazine rings is 1. The van der Waals surface area contributed by atoms with Gasteiger partial charge in [0.1, 0.15) is 12.1 Å². The highest BCUT2D eigenvalue weighted by Gasteiger charge is 2.38. The summed E-state index contributed by atoms with van der Waals surface area (Å²) in [5.74, 6) is -3.51. The molecular weight excluding hydrogens is 650 g/mol. The number of carbonyl (C=O) groups is 6. The van der Waals surface area contributed by atoms with Gasteiger partial charge in [-0.05, 0) is 69.0 Å². The number of para-hydroxylation sites is 1. The van der Waals surface area contributed by atoms with Gasteiger partial charge in [0.2, 0.25) is 23.5 Å². The van der Waals surface area contributed by atoms with Crippen LogP contribution in [-0.4, -0.2) is 108 Å². The number of hydrogen-bond acceptors (Lipinski definition) is 8. The van der Waals surface area contributed by atoms with Crippen molar-refractivity contribution in [3.8, 4) is 0 Å². The summed E-state index contributed by atoms with van der Waals surface area (Å²) in [4.78, 5) is 87.9. The van der Waals surface area contributed by atoms with Crippen LogP contribution in [0.1, 0.15) is 77.1 Å². The van der Waals surface area contributed by atoms with Gasteiger partial charge in [0.25, 0.3) is 11.8 Å². The molecule has 51 heavy (non-hydrogen) atoms. The highest BCUT2D eigenvalue weighted by atomic mass is 16.2. The van der Waals surface area contributed by atoms with Gasteiger partial charge in [-0.1, -0.05) is 58.7 Å². The van der Waals surface area contributed by atoms with Crippen molar-refractivity contribution in [3.05, 3.63) is 42.1 Å². The van der Waals surface area contributed by atoms with Crippen LogP contribution in [0.2, 0.25) is 0 Å². The van der Waals surface area contributed by atoms with Crippen LogP contribution < -0.4 is 21.3 Å². The number of ketones is 1. The number of carbonyl (C=O) groups excluding carboxylic acids is 6. The van der Waals surface area contributed by atoms with E-state index in [-0.39, 0.29) is 18.4 Å². The summed E-state index contributed by atoms with van der Waals surface area (Å²) in [6, 6.07) is 5.77. The molecule has 1 aliphatic heterocycles. The Labute approximate surface area is 301 Å². The lowest BCUT2D eigenvalue weighted by Gasteiger charge is -2.37. The SMILES string of the molecule is CCCC1CC(C)CC([C@H](NC(=O)c2ccnc3ccccc23)C(=O)N[C@@H](C)C(=O)N[C@H](C(=O)C(=O)NCC(=O)N2CCN(C)CC2)C(C)C)C1. The molecule has 1 saturated carbocycles. The Morgan fingerprint density at radius 3 is 2.27 bits per heavy atom. The van der Waals surface area contributed by atoms with E-state index in [1.165, 1.54) is 6.92 Å². The maximum absolute atomic E-state index is 14.0. The minimum Gasteiger partial charge on any atom is -0.344 e. The molecule has 13 heteroatoms. The lowest BCUT2D eigenvalue weighted by molar-refractivity contribution is -0.142. The van der Waals surface area contributed by atoms with Gasteiger partial charge in [-0.2, -0.15) is 0 Å². The zero-order valence-electron chi connectivity index (χ0n) is 30.9. The van der Waals surface area contributed by atoms with Crippen molar-refractivity contribution in [2.24, 2.45) is 23.7 Å². The summed E-state index contributed by atoms with van der Waals surface area (Å²) in [6.45, 7) is 11.4. The van der Waals surface area contributed by atoms with E-state index in [0.717, 1.165) is 45.2 Å². The predicted octanol–water partition coefficient (Wildman–Crippen LogP) is 2.29. The topological polar surface area (TPSA) is 170 Å². The molecule has 0 spiro atoms. The van der Waals surface area contributed by atoms with Crippen molar-refractivity contribution >= 4 is 46.2 Å². The first kappa shape index (κ1) is 39.4. The molecule has 13 nitrogen and oxygen atoms in total. The average molecular weight is 706 g/mol. The first-order valence-corrected chi connectivity index (χ1v) is 18.3. The van der Waals surface area contributed by atoms with Crippen LogP contribution in [0.5, 0.6) is 0 Å². The average Bonchev–Trinajstić information content (AvgIpc) is 3.10. The first-order chi connectivity index (χ1) is 24.3. The van der Waals surface area contributed by atoms with Gasteiger partial charge in [-0.15, -0.1) is 0 Å². The van der Waals surface area contributed by atoms with E-state index in [0.29, 0.717) is 41.4 Å². The van der Waals surface area contributed by atoms with Crippen molar-refractivity contribution in [2.45, 2.75) is 84.8 Å². The number of amides is 5. The molecule has 278 valence electrons. The molecule has 0 bridgehead atoms. The van der Waals surface area contributed by atoms with Gasteiger partial charge < -0.3 is 31.1 Å². The number of likely N-dealkylation sites (N-methyl/N-ethyl adjacent to an activating group) is 1. The molecule has 1 aromatic carbocycles. The fraction of sp³-hybridized carbons (Fsp3) is 0.605. The molecule has 0 radical (unpaired) electrons. The van der Waals surface area contributed by atoms with Gasteiger partial charge in [0.15, 0.2) is 0 Å². The Morgan fingerprint density at radius 2 is 1.59 bits per heavy atom. The predicted molar refractivity (Wildman–Crippen MR) is 194 cm³/mol. The third-order valence-electron chi connectivity index (χ3n) is 10.2. The van der Waals surface area contributed by atoms with Gasteiger partial charge in [0.05, 0.1) is 23.7 Å². The lowest BCUT2D eigenvalue weighted by Crippen LogP contribution is -2.58. The quantitative estimate of drug-likeness (QED) is 0.217. The number of pyridine rings is 1. The molecule has 2 aromatic rings. The maximum Gasteiger partial charge on any atom is 0.290 e. The Balaban J connectivity index is 1.43. The number of rotatable bonds is 14. The van der Waals surface area contributed by atoms with Gasteiger partial charge in [-0.3, -0.25) is 33.8 Å². The van der Waals surface area contributed by atoms with Crippen LogP contribution in [0, 0.1) is 23.7 Å². The minimum atomic E-state index is -1.18. The highest BCUT2D eigenvalue weighted by molar-refractivity contribution is 6.38. The summed E-state index contributed by atoms with van der Waals surface area (Å²) in [6.07, 6.45) is 6.18. The molecule has 5 amide bonds. The normalized spacial score (nSPS) is 21.3. The second kappa shape index (κ2) is 18.2. The molecule has 1 aliphatic carbocycles. The Morgan fingerprint density at radius 1 is 0.882 bits per heavy atom. The molecule has 2 aliphatic rings. The molecular formula is C38H55N7O6. The van der Waals surface area contributed by atoms with E-state index in [1.807, 2.05) is 31.3 Å². The molecule has 4 N–H and O–H groups in total. The standard InChI is InChI=1S/C38H55N7O6/c1-7-10-26-19-24(4)20-27(21-26)33(43-36(49)29-13-14-39-30-12-9-8-11-28(29)30)37(50)41-25(5)35(48)42-32(23(2)3)34(47)38(51)40-22-31(46)45-17-15-44(6)16-18-45/h8-9,11-14,23-27,32-33H,7,10,15-22H2,1-6H3,(H,40,51)(H,41,50)(H,42,48)(H,43,49)/t24?,25-,26?,27?,32-,33-/m0/s1. The second-order valence-electron chi connectivity index (χ2n) is 14.7. The number of nitrogens with one attached hydrogen (secondary N) is 4. The van der Waals surface area contributed by atoms with E-state index in [2.05, 4.69) is 45.0 Å². The smallest absolute Gasteiger partial charge is 0.290 e. The molecule has 4 rings (SSSR count). The summed E-state index contributed by atoms with van der Waals surface area (Å²) < 4.78 is 0. The third kappa shape index (κ3) is 10.6. The Kier molecular flexibility index (Phi) is 14.1. The van der Waals surface area contributed by atoms with E-state index in [4.69, 9.17) is 0 Å². The van der Waals surface area contributed by atoms with Crippen molar-refractivity contribution < 1.29 is 28.8 Å². The number of benzene rings is 1. The van der Waals surface area contributed by atoms with Crippen LogP contribution >= 0.6 is 0 Å². The van der Waals surface area contributed by atoms with Crippen LogP contribution in [0.3, 0.4) is 0 Å². The van der Waals surface area contributed by atoms with Crippen LogP contribution in [0.4, 0.5) is 0 Å². The van der Waals surface area contributed by atoms with Crippen molar-refractivity contribution in [3.63, 3.8) is 0 Å². The van der Waals surface area contributed by atoms with E-state index >= 15 is 0 Å². The number of hydrogen-bond donors (Lipinski definition) is 4. The summed E-state index contributed by atoms with van der Waals surface area (Å²) in [5, 5.41) is 11.5. The van der Waals surface area contributed by atoms with Crippen LogP contribution in [0.25, 0.3) is 10.9 Å². The monoisotopic (exact) mass is 705 g/mol. The van der Waals surface area contributed by atoms with Crippen molar-refractivity contribution in [2.75, 3.05) is 39.8 Å². The minimum absolute atomic E-state index is 0.153. The van der Waals surface area contributed by atoms with Gasteiger partial charge >= 0.3 is 0 Å². The van der Waals surface area contributed by atoms with Gasteiger partial charge in [0, 0.05) is 37.8 Å². The molecule has 3 unspecified atom stereocenters. The second-order valence-corrected chi connectivity index (χ2v) is 14.7. The zero-order chi connectivity index (χ0) is 37.2. The first-order valence-electron chi connectivity index (χ1n) is 18.3.